The minimum absolute atomic E-state index is 1.22. The maximum atomic E-state index is 3.49. The van der Waals surface area contributed by atoms with Gasteiger partial charge in [0.1, 0.15) is 0 Å². The maximum absolute atomic E-state index is 3.49. The van der Waals surface area contributed by atoms with Crippen LogP contribution in [0.2, 0.25) is 0 Å². The van der Waals surface area contributed by atoms with E-state index in [-0.39, 0.29) is 0 Å². The second-order valence-electron chi connectivity index (χ2n) is 3.44. The molecule has 1 radical (unpaired) electrons. The Morgan fingerprint density at radius 2 is 2.18 bits per heavy atom. The summed E-state index contributed by atoms with van der Waals surface area (Å²) in [6.07, 6.45) is 9.57. The average molecular weight is 154 g/mol. The molecule has 0 aromatic carbocycles. The van der Waals surface area contributed by atoms with E-state index < -0.39 is 0 Å². The molecule has 1 fully saturated rings. The third-order valence-corrected chi connectivity index (χ3v) is 2.36. The minimum Gasteiger partial charge on any atom is -0.310 e. The third kappa shape index (κ3) is 3.76. The topological polar surface area (TPSA) is 12.0 Å². The van der Waals surface area contributed by atoms with Crippen molar-refractivity contribution in [2.75, 3.05) is 6.54 Å². The van der Waals surface area contributed by atoms with E-state index in [9.17, 15) is 0 Å². The maximum Gasteiger partial charge on any atom is 0.0364 e. The van der Waals surface area contributed by atoms with E-state index in [0.717, 1.165) is 0 Å². The number of unbranched alkanes of at least 4 members (excludes halogenated alkanes) is 2. The smallest absolute Gasteiger partial charge is 0.0364 e. The second-order valence-corrected chi connectivity index (χ2v) is 3.44. The third-order valence-electron chi connectivity index (χ3n) is 2.36. The largest absolute Gasteiger partial charge is 0.310 e. The number of hydrogen-bond acceptors (Lipinski definition) is 1. The summed E-state index contributed by atoms with van der Waals surface area (Å²) in [5, 5.41) is 3.49. The van der Waals surface area contributed by atoms with Gasteiger partial charge in [-0.2, -0.15) is 0 Å². The first-order chi connectivity index (χ1) is 5.43. The highest BCUT2D eigenvalue weighted by Gasteiger charge is 2.11. The average Bonchev–Trinajstić information content (AvgIpc) is 2.07. The van der Waals surface area contributed by atoms with E-state index in [1.54, 1.807) is 6.04 Å². The van der Waals surface area contributed by atoms with Gasteiger partial charge in [0.15, 0.2) is 0 Å². The molecule has 0 unspecified atom stereocenters. The van der Waals surface area contributed by atoms with Gasteiger partial charge in [-0.1, -0.05) is 32.6 Å². The number of piperidine rings is 1. The molecule has 0 aromatic rings. The van der Waals surface area contributed by atoms with Crippen molar-refractivity contribution in [3.05, 3.63) is 6.04 Å². The fourth-order valence-corrected chi connectivity index (χ4v) is 1.62. The SMILES string of the molecule is CCCCC[C]1CCCCN1. The Morgan fingerprint density at radius 1 is 1.27 bits per heavy atom. The molecule has 0 saturated carbocycles. The Balaban J connectivity index is 1.96. The zero-order valence-electron chi connectivity index (χ0n) is 7.66. The molecule has 1 nitrogen and oxygen atoms in total. The van der Waals surface area contributed by atoms with E-state index in [0.29, 0.717) is 0 Å². The molecule has 1 rings (SSSR count). The predicted molar refractivity (Wildman–Crippen MR) is 49.2 cm³/mol. The number of rotatable bonds is 4. The molecular formula is C10H20N. The molecule has 1 saturated heterocycles. The fourth-order valence-electron chi connectivity index (χ4n) is 1.62. The first-order valence-corrected chi connectivity index (χ1v) is 5.02. The summed E-state index contributed by atoms with van der Waals surface area (Å²) in [6.45, 7) is 3.49. The van der Waals surface area contributed by atoms with E-state index >= 15 is 0 Å². The molecule has 1 aliphatic rings. The van der Waals surface area contributed by atoms with Crippen molar-refractivity contribution in [1.82, 2.24) is 5.32 Å². The zero-order chi connectivity index (χ0) is 7.94. The second kappa shape index (κ2) is 5.59. The van der Waals surface area contributed by atoms with Crippen molar-refractivity contribution in [3.63, 3.8) is 0 Å². The van der Waals surface area contributed by atoms with Crippen molar-refractivity contribution in [2.24, 2.45) is 0 Å². The van der Waals surface area contributed by atoms with Crippen LogP contribution >= 0.6 is 0 Å². The van der Waals surface area contributed by atoms with Crippen LogP contribution in [0.5, 0.6) is 0 Å². The zero-order valence-corrected chi connectivity index (χ0v) is 7.66. The summed E-state index contributed by atoms with van der Waals surface area (Å²) in [7, 11) is 0. The number of hydrogen-bond donors (Lipinski definition) is 1. The molecule has 0 amide bonds. The fraction of sp³-hybridized carbons (Fsp3) is 0.900. The van der Waals surface area contributed by atoms with Crippen molar-refractivity contribution in [2.45, 2.75) is 51.9 Å². The standard InChI is InChI=1S/C10H20N/c1-2-3-4-7-10-8-5-6-9-11-10/h11H,2-9H2,1H3. The Morgan fingerprint density at radius 3 is 2.82 bits per heavy atom. The lowest BCUT2D eigenvalue weighted by Gasteiger charge is -2.22. The van der Waals surface area contributed by atoms with Crippen LogP contribution in [0.4, 0.5) is 0 Å². The Hall–Kier alpha value is -0.0400. The molecule has 0 spiro atoms. The van der Waals surface area contributed by atoms with E-state index in [1.165, 1.54) is 51.5 Å². The van der Waals surface area contributed by atoms with Gasteiger partial charge in [-0.05, 0) is 25.8 Å². The molecule has 1 aliphatic heterocycles. The molecule has 1 N–H and O–H groups in total. The van der Waals surface area contributed by atoms with Gasteiger partial charge < -0.3 is 5.32 Å². The molecule has 1 heterocycles. The molecular weight excluding hydrogens is 134 g/mol. The highest BCUT2D eigenvalue weighted by molar-refractivity contribution is 4.89. The van der Waals surface area contributed by atoms with Gasteiger partial charge in [-0.25, -0.2) is 0 Å². The van der Waals surface area contributed by atoms with Crippen molar-refractivity contribution in [1.29, 1.82) is 0 Å². The monoisotopic (exact) mass is 154 g/mol. The molecule has 0 bridgehead atoms. The molecule has 0 aliphatic carbocycles. The van der Waals surface area contributed by atoms with E-state index in [1.807, 2.05) is 0 Å². The summed E-state index contributed by atoms with van der Waals surface area (Å²) < 4.78 is 0. The van der Waals surface area contributed by atoms with Gasteiger partial charge in [0.05, 0.1) is 0 Å². The lowest BCUT2D eigenvalue weighted by Crippen LogP contribution is -2.26. The molecule has 0 aromatic heterocycles. The van der Waals surface area contributed by atoms with Crippen LogP contribution in [-0.2, 0) is 0 Å². The Bertz CT molecular complexity index is 84.9. The van der Waals surface area contributed by atoms with Gasteiger partial charge in [-0.3, -0.25) is 0 Å². The van der Waals surface area contributed by atoms with Crippen LogP contribution in [0.3, 0.4) is 0 Å². The van der Waals surface area contributed by atoms with Crippen LogP contribution in [0.15, 0.2) is 0 Å². The normalized spacial score (nSPS) is 20.5. The minimum atomic E-state index is 1.22. The van der Waals surface area contributed by atoms with Crippen molar-refractivity contribution < 1.29 is 0 Å². The lowest BCUT2D eigenvalue weighted by molar-refractivity contribution is 0.469. The molecule has 65 valence electrons. The quantitative estimate of drug-likeness (QED) is 0.614. The first kappa shape index (κ1) is 9.05. The highest BCUT2D eigenvalue weighted by atomic mass is 14.9. The summed E-state index contributed by atoms with van der Waals surface area (Å²) in [5.74, 6) is 0. The van der Waals surface area contributed by atoms with Gasteiger partial charge >= 0.3 is 0 Å². The van der Waals surface area contributed by atoms with Crippen molar-refractivity contribution >= 4 is 0 Å². The van der Waals surface area contributed by atoms with Crippen molar-refractivity contribution in [3.8, 4) is 0 Å². The Labute approximate surface area is 70.6 Å². The Kier molecular flexibility index (Phi) is 4.60. The summed E-state index contributed by atoms with van der Waals surface area (Å²) in [5.41, 5.74) is 0. The summed E-state index contributed by atoms with van der Waals surface area (Å²) in [4.78, 5) is 0. The summed E-state index contributed by atoms with van der Waals surface area (Å²) >= 11 is 0. The molecule has 1 heteroatoms. The van der Waals surface area contributed by atoms with Gasteiger partial charge in [0.2, 0.25) is 0 Å². The van der Waals surface area contributed by atoms with E-state index in [2.05, 4.69) is 12.2 Å². The van der Waals surface area contributed by atoms with Crippen LogP contribution in [0, 0.1) is 6.04 Å². The molecule has 11 heavy (non-hydrogen) atoms. The highest BCUT2D eigenvalue weighted by Crippen LogP contribution is 2.19. The van der Waals surface area contributed by atoms with Crippen LogP contribution < -0.4 is 5.32 Å². The van der Waals surface area contributed by atoms with Gasteiger partial charge in [0, 0.05) is 6.04 Å². The van der Waals surface area contributed by atoms with Crippen LogP contribution in [0.25, 0.3) is 0 Å². The van der Waals surface area contributed by atoms with Gasteiger partial charge in [-0.15, -0.1) is 0 Å². The van der Waals surface area contributed by atoms with Crippen LogP contribution in [-0.4, -0.2) is 6.54 Å². The van der Waals surface area contributed by atoms with Gasteiger partial charge in [0.25, 0.3) is 0 Å². The molecule has 0 atom stereocenters. The first-order valence-electron chi connectivity index (χ1n) is 5.02. The van der Waals surface area contributed by atoms with Crippen LogP contribution in [0.1, 0.15) is 51.9 Å². The lowest BCUT2D eigenvalue weighted by atomic mass is 9.99. The van der Waals surface area contributed by atoms with E-state index in [4.69, 9.17) is 0 Å². The summed E-state index contributed by atoms with van der Waals surface area (Å²) in [6, 6.07) is 1.62. The predicted octanol–water partition coefficient (Wildman–Crippen LogP) is 2.87. The number of nitrogens with one attached hydrogen (secondary N) is 1.